The van der Waals surface area contributed by atoms with E-state index in [0.29, 0.717) is 6.42 Å². The summed E-state index contributed by atoms with van der Waals surface area (Å²) in [6.45, 7) is 4.14. The van der Waals surface area contributed by atoms with Gasteiger partial charge in [0.1, 0.15) is 5.58 Å². The minimum absolute atomic E-state index is 0.0338. The molecule has 0 bridgehead atoms. The molecule has 0 saturated carbocycles. The average molecular weight is 293 g/mol. The van der Waals surface area contributed by atoms with Crippen molar-refractivity contribution in [2.45, 2.75) is 26.7 Å². The molecule has 1 amide bonds. The molecular formula is C19H19NO2. The Labute approximate surface area is 130 Å². The van der Waals surface area contributed by atoms with Gasteiger partial charge in [-0.3, -0.25) is 4.79 Å². The van der Waals surface area contributed by atoms with Crippen molar-refractivity contribution in [1.29, 1.82) is 0 Å². The van der Waals surface area contributed by atoms with Crippen LogP contribution in [-0.4, -0.2) is 5.91 Å². The van der Waals surface area contributed by atoms with Gasteiger partial charge >= 0.3 is 0 Å². The molecule has 3 nitrogen and oxygen atoms in total. The number of rotatable bonds is 4. The van der Waals surface area contributed by atoms with E-state index in [9.17, 15) is 4.79 Å². The molecule has 1 aromatic heterocycles. The molecule has 3 rings (SSSR count). The van der Waals surface area contributed by atoms with Crippen LogP contribution in [0.4, 0.5) is 5.69 Å². The minimum Gasteiger partial charge on any atom is -0.464 e. The lowest BCUT2D eigenvalue weighted by atomic mass is 10.1. The maximum Gasteiger partial charge on any atom is 0.228 e. The quantitative estimate of drug-likeness (QED) is 0.770. The van der Waals surface area contributed by atoms with Crippen molar-refractivity contribution in [3.63, 3.8) is 0 Å². The van der Waals surface area contributed by atoms with Crippen LogP contribution in [0.25, 0.3) is 11.0 Å². The van der Waals surface area contributed by atoms with Gasteiger partial charge in [-0.2, -0.15) is 0 Å². The van der Waals surface area contributed by atoms with E-state index >= 15 is 0 Å². The van der Waals surface area contributed by atoms with Crippen LogP contribution in [0.1, 0.15) is 23.6 Å². The van der Waals surface area contributed by atoms with Crippen molar-refractivity contribution >= 4 is 22.6 Å². The SMILES string of the molecule is CCc1ccc(NC(=O)Cc2coc3ccc(C)cc23)cc1. The summed E-state index contributed by atoms with van der Waals surface area (Å²) in [5, 5.41) is 3.94. The molecule has 0 aliphatic heterocycles. The second-order valence-corrected chi connectivity index (χ2v) is 5.54. The maximum absolute atomic E-state index is 12.2. The first kappa shape index (κ1) is 14.4. The number of amides is 1. The van der Waals surface area contributed by atoms with Gasteiger partial charge in [-0.1, -0.05) is 30.7 Å². The first-order valence-corrected chi connectivity index (χ1v) is 7.51. The molecule has 22 heavy (non-hydrogen) atoms. The minimum atomic E-state index is -0.0338. The van der Waals surface area contributed by atoms with Crippen molar-refractivity contribution < 1.29 is 9.21 Å². The van der Waals surface area contributed by atoms with Crippen LogP contribution in [0, 0.1) is 6.92 Å². The Balaban J connectivity index is 1.73. The molecule has 0 atom stereocenters. The van der Waals surface area contributed by atoms with Gasteiger partial charge in [-0.05, 0) is 43.2 Å². The third-order valence-electron chi connectivity index (χ3n) is 3.81. The normalized spacial score (nSPS) is 10.8. The van der Waals surface area contributed by atoms with E-state index in [0.717, 1.165) is 34.2 Å². The van der Waals surface area contributed by atoms with Gasteiger partial charge in [-0.15, -0.1) is 0 Å². The molecule has 3 heteroatoms. The molecule has 0 aliphatic carbocycles. The topological polar surface area (TPSA) is 42.2 Å². The van der Waals surface area contributed by atoms with Crippen LogP contribution in [0.5, 0.6) is 0 Å². The highest BCUT2D eigenvalue weighted by atomic mass is 16.3. The van der Waals surface area contributed by atoms with Gasteiger partial charge in [0.2, 0.25) is 5.91 Å². The number of aryl methyl sites for hydroxylation is 2. The second kappa shape index (κ2) is 6.06. The Morgan fingerprint density at radius 1 is 1.14 bits per heavy atom. The Hall–Kier alpha value is -2.55. The zero-order valence-electron chi connectivity index (χ0n) is 12.8. The van der Waals surface area contributed by atoms with E-state index in [1.165, 1.54) is 5.56 Å². The number of anilines is 1. The predicted octanol–water partition coefficient (Wildman–Crippen LogP) is 4.48. The number of furan rings is 1. The summed E-state index contributed by atoms with van der Waals surface area (Å²) in [6, 6.07) is 13.9. The summed E-state index contributed by atoms with van der Waals surface area (Å²) >= 11 is 0. The largest absolute Gasteiger partial charge is 0.464 e. The van der Waals surface area contributed by atoms with E-state index in [1.807, 2.05) is 43.3 Å². The summed E-state index contributed by atoms with van der Waals surface area (Å²) in [5.41, 5.74) is 4.98. The molecule has 3 aromatic rings. The number of benzene rings is 2. The molecule has 2 aromatic carbocycles. The van der Waals surface area contributed by atoms with Crippen LogP contribution >= 0.6 is 0 Å². The molecule has 1 N–H and O–H groups in total. The monoisotopic (exact) mass is 293 g/mol. The molecule has 0 radical (unpaired) electrons. The highest BCUT2D eigenvalue weighted by Gasteiger charge is 2.11. The molecule has 112 valence electrons. The predicted molar refractivity (Wildman–Crippen MR) is 89.1 cm³/mol. The smallest absolute Gasteiger partial charge is 0.228 e. The van der Waals surface area contributed by atoms with E-state index in [4.69, 9.17) is 4.42 Å². The third kappa shape index (κ3) is 3.03. The van der Waals surface area contributed by atoms with Crippen LogP contribution in [-0.2, 0) is 17.6 Å². The van der Waals surface area contributed by atoms with Crippen LogP contribution in [0.3, 0.4) is 0 Å². The average Bonchev–Trinajstić information content (AvgIpc) is 2.90. The van der Waals surface area contributed by atoms with Crippen molar-refractivity contribution in [2.75, 3.05) is 5.32 Å². The van der Waals surface area contributed by atoms with Crippen molar-refractivity contribution in [3.8, 4) is 0 Å². The van der Waals surface area contributed by atoms with Crippen LogP contribution < -0.4 is 5.32 Å². The fourth-order valence-corrected chi connectivity index (χ4v) is 2.53. The lowest BCUT2D eigenvalue weighted by Crippen LogP contribution is -2.14. The van der Waals surface area contributed by atoms with Gasteiger partial charge in [-0.25, -0.2) is 0 Å². The Kier molecular flexibility index (Phi) is 3.96. The summed E-state index contributed by atoms with van der Waals surface area (Å²) in [7, 11) is 0. The fraction of sp³-hybridized carbons (Fsp3) is 0.211. The van der Waals surface area contributed by atoms with Crippen molar-refractivity contribution in [2.24, 2.45) is 0 Å². The lowest BCUT2D eigenvalue weighted by molar-refractivity contribution is -0.115. The number of hydrogen-bond acceptors (Lipinski definition) is 2. The van der Waals surface area contributed by atoms with Gasteiger partial charge in [0.25, 0.3) is 0 Å². The zero-order valence-corrected chi connectivity index (χ0v) is 12.8. The van der Waals surface area contributed by atoms with Crippen molar-refractivity contribution in [3.05, 3.63) is 65.4 Å². The molecule has 0 aliphatic rings. The lowest BCUT2D eigenvalue weighted by Gasteiger charge is -2.05. The van der Waals surface area contributed by atoms with E-state index < -0.39 is 0 Å². The van der Waals surface area contributed by atoms with Crippen molar-refractivity contribution in [1.82, 2.24) is 0 Å². The second-order valence-electron chi connectivity index (χ2n) is 5.54. The fourth-order valence-electron chi connectivity index (χ4n) is 2.53. The zero-order chi connectivity index (χ0) is 15.5. The van der Waals surface area contributed by atoms with E-state index in [2.05, 4.69) is 18.3 Å². The molecule has 0 spiro atoms. The van der Waals surface area contributed by atoms with Gasteiger partial charge < -0.3 is 9.73 Å². The number of nitrogens with one attached hydrogen (secondary N) is 1. The summed E-state index contributed by atoms with van der Waals surface area (Å²) < 4.78 is 5.51. The molecule has 1 heterocycles. The molecule has 0 saturated heterocycles. The highest BCUT2D eigenvalue weighted by Crippen LogP contribution is 2.23. The molecule has 0 fully saturated rings. The number of fused-ring (bicyclic) bond motifs is 1. The standard InChI is InChI=1S/C19H19NO2/c1-3-14-5-7-16(8-6-14)20-19(21)11-15-12-22-18-9-4-13(2)10-17(15)18/h4-10,12H,3,11H2,1-2H3,(H,20,21). The maximum atomic E-state index is 12.2. The number of carbonyl (C=O) groups excluding carboxylic acids is 1. The molecular weight excluding hydrogens is 274 g/mol. The first-order chi connectivity index (χ1) is 10.7. The summed E-state index contributed by atoms with van der Waals surface area (Å²) in [4.78, 5) is 12.2. The Bertz CT molecular complexity index is 800. The third-order valence-corrected chi connectivity index (χ3v) is 3.81. The highest BCUT2D eigenvalue weighted by molar-refractivity contribution is 5.95. The van der Waals surface area contributed by atoms with Crippen LogP contribution in [0.15, 0.2) is 53.1 Å². The van der Waals surface area contributed by atoms with Gasteiger partial charge in [0.15, 0.2) is 0 Å². The Morgan fingerprint density at radius 3 is 2.64 bits per heavy atom. The van der Waals surface area contributed by atoms with Crippen LogP contribution in [0.2, 0.25) is 0 Å². The van der Waals surface area contributed by atoms with E-state index in [1.54, 1.807) is 6.26 Å². The summed E-state index contributed by atoms with van der Waals surface area (Å²) in [5.74, 6) is -0.0338. The number of carbonyl (C=O) groups is 1. The Morgan fingerprint density at radius 2 is 1.91 bits per heavy atom. The molecule has 0 unspecified atom stereocenters. The van der Waals surface area contributed by atoms with Gasteiger partial charge in [0, 0.05) is 16.6 Å². The summed E-state index contributed by atoms with van der Waals surface area (Å²) in [6.07, 6.45) is 2.98. The number of hydrogen-bond donors (Lipinski definition) is 1. The van der Waals surface area contributed by atoms with Gasteiger partial charge in [0.05, 0.1) is 12.7 Å². The first-order valence-electron chi connectivity index (χ1n) is 7.51. The van der Waals surface area contributed by atoms with E-state index in [-0.39, 0.29) is 5.91 Å².